The van der Waals surface area contributed by atoms with Crippen molar-refractivity contribution >= 4 is 137 Å². The van der Waals surface area contributed by atoms with Gasteiger partial charge in [0.25, 0.3) is 0 Å². The molecule has 1 aliphatic heterocycles. The van der Waals surface area contributed by atoms with Gasteiger partial charge in [-0.15, -0.1) is 5.46 Å². The van der Waals surface area contributed by atoms with Gasteiger partial charge < -0.3 is 4.90 Å². The van der Waals surface area contributed by atoms with E-state index in [1.807, 2.05) is 0 Å². The Kier molecular flexibility index (Phi) is 6.43. The third-order valence-corrected chi connectivity index (χ3v) is 12.3. The predicted octanol–water partition coefficient (Wildman–Crippen LogP) is 2.96. The molecule has 0 amide bonds. The third-order valence-electron chi connectivity index (χ3n) is 11.3. The van der Waals surface area contributed by atoms with Crippen LogP contribution in [-0.4, -0.2) is 39.2 Å². The summed E-state index contributed by atoms with van der Waals surface area (Å²) in [5.74, 6) is 0. The molecule has 7 aromatic rings. The van der Waals surface area contributed by atoms with Crippen molar-refractivity contribution in [2.24, 2.45) is 0 Å². The van der Waals surface area contributed by atoms with Crippen LogP contribution in [-0.2, 0) is 5.41 Å². The number of fused-ring (bicyclic) bond motifs is 14. The Morgan fingerprint density at radius 3 is 1.66 bits per heavy atom. The molecule has 218 valence electrons. The Balaban J connectivity index is 1.53. The molecule has 0 N–H and O–H groups in total. The second-order valence-electron chi connectivity index (χ2n) is 13.3. The third kappa shape index (κ3) is 3.72. The topological polar surface area (TPSA) is 3.24 Å². The van der Waals surface area contributed by atoms with Gasteiger partial charge in [0.15, 0.2) is 0 Å². The van der Waals surface area contributed by atoms with Gasteiger partial charge in [-0.3, -0.25) is 0 Å². The maximum Gasteiger partial charge on any atom is 0.141 e. The summed E-state index contributed by atoms with van der Waals surface area (Å²) >= 11 is 7.75. The van der Waals surface area contributed by atoms with E-state index in [1.54, 1.807) is 0 Å². The molecule has 0 atom stereocenters. The Bertz CT molecular complexity index is 2450. The van der Waals surface area contributed by atoms with E-state index >= 15 is 0 Å². The average molecular weight is 725 g/mol. The van der Waals surface area contributed by atoms with Crippen LogP contribution in [0, 0.1) is 0 Å². The molecule has 2 aliphatic rings. The molecule has 1 spiro atoms. The van der Waals surface area contributed by atoms with Gasteiger partial charge in [-0.25, -0.2) is 0 Å². The van der Waals surface area contributed by atoms with E-state index in [1.165, 1.54) is 99.3 Å². The SMILES string of the molecule is Bc1c(B)c(B)c(N2c3ccccc3C3(c4cc(Br)ccc4-c4c3c3ccc(Br)cc3c3ccccc43)c3ccccc32)c(B)c1B. The molecule has 7 aromatic carbocycles. The van der Waals surface area contributed by atoms with Crippen molar-refractivity contribution in [2.75, 3.05) is 4.90 Å². The van der Waals surface area contributed by atoms with Gasteiger partial charge in [0, 0.05) is 14.6 Å². The van der Waals surface area contributed by atoms with Crippen LogP contribution < -0.4 is 32.2 Å². The smallest absolute Gasteiger partial charge is 0.141 e. The van der Waals surface area contributed by atoms with Crippen LogP contribution in [0.25, 0.3) is 32.7 Å². The lowest BCUT2D eigenvalue weighted by molar-refractivity contribution is 0.759. The van der Waals surface area contributed by atoms with Crippen molar-refractivity contribution in [3.8, 4) is 11.1 Å². The number of benzene rings is 7. The standard InChI is InChI=1S/C39H28B5Br2N/c40-33-34(41)36(43)38(37(44)35(33)42)47-29-11-5-3-9-26(29)39(27-10-4-6-12-30(27)47)28-18-20(46)14-16-24(28)31-22-8-2-1-7-21(22)25-17-19(45)13-15-23(25)32(31)39/h1-18H,40-44H2. The fourth-order valence-electron chi connectivity index (χ4n) is 8.87. The highest BCUT2D eigenvalue weighted by Gasteiger charge is 2.53. The molecule has 1 heterocycles. The van der Waals surface area contributed by atoms with Gasteiger partial charge in [0.2, 0.25) is 0 Å². The molecule has 8 heteroatoms. The number of halogens is 2. The van der Waals surface area contributed by atoms with Gasteiger partial charge in [-0.05, 0) is 91.3 Å². The molecule has 47 heavy (non-hydrogen) atoms. The number of para-hydroxylation sites is 2. The summed E-state index contributed by atoms with van der Waals surface area (Å²) in [7, 11) is 11.4. The maximum absolute atomic E-state index is 3.92. The first-order valence-corrected chi connectivity index (χ1v) is 17.8. The van der Waals surface area contributed by atoms with Gasteiger partial charge in [-0.2, -0.15) is 0 Å². The summed E-state index contributed by atoms with van der Waals surface area (Å²) in [6.07, 6.45) is 0. The molecular formula is C39H28B5Br2N. The van der Waals surface area contributed by atoms with Crippen molar-refractivity contribution in [3.63, 3.8) is 0 Å². The molecular weight excluding hydrogens is 696 g/mol. The van der Waals surface area contributed by atoms with Crippen molar-refractivity contribution in [3.05, 3.63) is 140 Å². The zero-order valence-corrected chi connectivity index (χ0v) is 30.3. The van der Waals surface area contributed by atoms with Gasteiger partial charge in [-0.1, -0.05) is 127 Å². The first-order valence-electron chi connectivity index (χ1n) is 16.3. The van der Waals surface area contributed by atoms with Crippen LogP contribution in [0.1, 0.15) is 22.3 Å². The molecule has 1 nitrogen and oxygen atoms in total. The first-order chi connectivity index (χ1) is 22.7. The number of hydrogen-bond acceptors (Lipinski definition) is 1. The van der Waals surface area contributed by atoms with Crippen molar-refractivity contribution in [1.29, 1.82) is 0 Å². The van der Waals surface area contributed by atoms with Crippen molar-refractivity contribution < 1.29 is 0 Å². The quantitative estimate of drug-likeness (QED) is 0.186. The zero-order chi connectivity index (χ0) is 32.4. The average Bonchev–Trinajstić information content (AvgIpc) is 3.39. The van der Waals surface area contributed by atoms with Gasteiger partial charge in [0.05, 0.1) is 16.8 Å². The summed E-state index contributed by atoms with van der Waals surface area (Å²) < 4.78 is 2.18. The van der Waals surface area contributed by atoms with Crippen LogP contribution in [0.2, 0.25) is 0 Å². The molecule has 0 bridgehead atoms. The van der Waals surface area contributed by atoms with Gasteiger partial charge >= 0.3 is 0 Å². The molecule has 1 aliphatic carbocycles. The first kappa shape index (κ1) is 29.3. The Labute approximate surface area is 297 Å². The summed E-state index contributed by atoms with van der Waals surface area (Å²) in [6, 6.07) is 41.1. The number of anilines is 3. The van der Waals surface area contributed by atoms with E-state index in [4.69, 9.17) is 0 Å². The second kappa shape index (κ2) is 10.3. The van der Waals surface area contributed by atoms with E-state index in [9.17, 15) is 0 Å². The highest BCUT2D eigenvalue weighted by atomic mass is 79.9. The van der Waals surface area contributed by atoms with E-state index < -0.39 is 5.41 Å². The highest BCUT2D eigenvalue weighted by molar-refractivity contribution is 9.10. The maximum atomic E-state index is 3.92. The summed E-state index contributed by atoms with van der Waals surface area (Å²) in [5, 5.41) is 5.14. The largest absolute Gasteiger partial charge is 0.311 e. The van der Waals surface area contributed by atoms with Crippen molar-refractivity contribution in [1.82, 2.24) is 0 Å². The summed E-state index contributed by atoms with van der Waals surface area (Å²) in [6.45, 7) is 0. The molecule has 0 saturated heterocycles. The minimum Gasteiger partial charge on any atom is -0.311 e. The lowest BCUT2D eigenvalue weighted by atomic mass is 9.60. The predicted molar refractivity (Wildman–Crippen MR) is 223 cm³/mol. The van der Waals surface area contributed by atoms with E-state index in [2.05, 4.69) is 185 Å². The van der Waals surface area contributed by atoms with E-state index in [0.29, 0.717) is 0 Å². The van der Waals surface area contributed by atoms with Crippen LogP contribution in [0.15, 0.2) is 118 Å². The minimum absolute atomic E-state index is 0.537. The van der Waals surface area contributed by atoms with Crippen LogP contribution in [0.4, 0.5) is 17.1 Å². The summed E-state index contributed by atoms with van der Waals surface area (Å²) in [5.41, 5.74) is 18.0. The molecule has 0 aromatic heterocycles. The Morgan fingerprint density at radius 2 is 1.00 bits per heavy atom. The van der Waals surface area contributed by atoms with Crippen LogP contribution in [0.3, 0.4) is 0 Å². The zero-order valence-electron chi connectivity index (χ0n) is 27.1. The normalized spacial score (nSPS) is 13.9. The monoisotopic (exact) mass is 723 g/mol. The number of nitrogens with zero attached hydrogens (tertiary/aromatic N) is 1. The molecule has 9 rings (SSSR count). The van der Waals surface area contributed by atoms with Crippen LogP contribution >= 0.6 is 31.9 Å². The van der Waals surface area contributed by atoms with Crippen molar-refractivity contribution in [2.45, 2.75) is 5.41 Å². The lowest BCUT2D eigenvalue weighted by Crippen LogP contribution is -2.56. The Morgan fingerprint density at radius 1 is 0.468 bits per heavy atom. The van der Waals surface area contributed by atoms with Crippen LogP contribution in [0.5, 0.6) is 0 Å². The highest BCUT2D eigenvalue weighted by Crippen LogP contribution is 2.65. The minimum atomic E-state index is -0.537. The fraction of sp³-hybridized carbons (Fsp3) is 0.0256. The fourth-order valence-corrected chi connectivity index (χ4v) is 9.60. The second-order valence-corrected chi connectivity index (χ2v) is 15.1. The molecule has 0 saturated carbocycles. The lowest BCUT2D eigenvalue weighted by Gasteiger charge is -2.46. The summed E-state index contributed by atoms with van der Waals surface area (Å²) in [4.78, 5) is 2.56. The van der Waals surface area contributed by atoms with Gasteiger partial charge in [0.1, 0.15) is 39.2 Å². The number of rotatable bonds is 1. The van der Waals surface area contributed by atoms with E-state index in [-0.39, 0.29) is 0 Å². The Hall–Kier alpha value is -3.86. The van der Waals surface area contributed by atoms with E-state index in [0.717, 1.165) is 8.95 Å². The molecule has 0 fully saturated rings. The number of hydrogen-bond donors (Lipinski definition) is 0. The molecule has 0 unspecified atom stereocenters. The molecule has 0 radical (unpaired) electrons.